The molecule has 0 atom stereocenters. The van der Waals surface area contributed by atoms with Gasteiger partial charge in [0.05, 0.1) is 16.2 Å². The highest BCUT2D eigenvalue weighted by molar-refractivity contribution is 5.57. The summed E-state index contributed by atoms with van der Waals surface area (Å²) >= 11 is 0. The average Bonchev–Trinajstić information content (AvgIpc) is 2.45. The number of nitrogens with zero attached hydrogens (tertiary/aromatic N) is 2. The molecule has 0 unspecified atom stereocenters. The van der Waals surface area contributed by atoms with Crippen molar-refractivity contribution in [3.63, 3.8) is 0 Å². The summed E-state index contributed by atoms with van der Waals surface area (Å²) in [5.74, 6) is 0. The molecular formula is C14H11N3O2. The Hall–Kier alpha value is -2.87. The quantitative estimate of drug-likeness (QED) is 0.670. The van der Waals surface area contributed by atoms with Crippen LogP contribution in [0.2, 0.25) is 0 Å². The number of para-hydroxylation sites is 1. The van der Waals surface area contributed by atoms with Crippen molar-refractivity contribution in [2.75, 3.05) is 5.32 Å². The fourth-order valence-corrected chi connectivity index (χ4v) is 1.71. The maximum Gasteiger partial charge on any atom is 0.269 e. The van der Waals surface area contributed by atoms with Gasteiger partial charge in [0, 0.05) is 18.7 Å². The van der Waals surface area contributed by atoms with Crippen LogP contribution in [0, 0.1) is 21.4 Å². The van der Waals surface area contributed by atoms with Gasteiger partial charge in [0.1, 0.15) is 6.07 Å². The van der Waals surface area contributed by atoms with E-state index in [1.54, 1.807) is 30.3 Å². The Kier molecular flexibility index (Phi) is 3.74. The second-order valence-corrected chi connectivity index (χ2v) is 3.94. The number of rotatable bonds is 4. The first-order chi connectivity index (χ1) is 9.20. The molecule has 0 amide bonds. The van der Waals surface area contributed by atoms with E-state index in [0.29, 0.717) is 12.1 Å². The summed E-state index contributed by atoms with van der Waals surface area (Å²) in [6, 6.07) is 15.6. The molecule has 5 heteroatoms. The Morgan fingerprint density at radius 3 is 2.74 bits per heavy atom. The molecule has 0 fully saturated rings. The van der Waals surface area contributed by atoms with Crippen LogP contribution in [0.1, 0.15) is 11.1 Å². The van der Waals surface area contributed by atoms with Crippen molar-refractivity contribution >= 4 is 11.4 Å². The van der Waals surface area contributed by atoms with Crippen LogP contribution in [-0.2, 0) is 6.54 Å². The van der Waals surface area contributed by atoms with Gasteiger partial charge >= 0.3 is 0 Å². The lowest BCUT2D eigenvalue weighted by Gasteiger charge is -2.07. The second-order valence-electron chi connectivity index (χ2n) is 3.94. The maximum absolute atomic E-state index is 10.7. The fraction of sp³-hybridized carbons (Fsp3) is 0.0714. The van der Waals surface area contributed by atoms with E-state index in [9.17, 15) is 10.1 Å². The molecule has 0 aliphatic heterocycles. The van der Waals surface area contributed by atoms with Crippen molar-refractivity contribution in [2.24, 2.45) is 0 Å². The zero-order valence-corrected chi connectivity index (χ0v) is 10.0. The fourth-order valence-electron chi connectivity index (χ4n) is 1.71. The van der Waals surface area contributed by atoms with Gasteiger partial charge in [0.25, 0.3) is 5.69 Å². The minimum Gasteiger partial charge on any atom is -0.380 e. The normalized spacial score (nSPS) is 9.63. The Balaban J connectivity index is 2.13. The van der Waals surface area contributed by atoms with E-state index >= 15 is 0 Å². The molecule has 5 nitrogen and oxygen atoms in total. The molecule has 0 saturated heterocycles. The molecule has 0 saturated carbocycles. The monoisotopic (exact) mass is 253 g/mol. The highest BCUT2D eigenvalue weighted by Gasteiger charge is 2.06. The molecule has 0 heterocycles. The summed E-state index contributed by atoms with van der Waals surface area (Å²) < 4.78 is 0. The van der Waals surface area contributed by atoms with Crippen molar-refractivity contribution < 1.29 is 4.92 Å². The Bertz CT molecular complexity index is 647. The first-order valence-corrected chi connectivity index (χ1v) is 5.67. The van der Waals surface area contributed by atoms with E-state index in [4.69, 9.17) is 5.26 Å². The summed E-state index contributed by atoms with van der Waals surface area (Å²) in [6.07, 6.45) is 0. The number of nitrogens with one attached hydrogen (secondary N) is 1. The largest absolute Gasteiger partial charge is 0.380 e. The third kappa shape index (κ3) is 3.07. The molecule has 0 bridgehead atoms. The summed E-state index contributed by atoms with van der Waals surface area (Å²) in [5, 5.41) is 22.7. The minimum absolute atomic E-state index is 0.0628. The van der Waals surface area contributed by atoms with Gasteiger partial charge in [-0.15, -0.1) is 0 Å². The zero-order valence-electron chi connectivity index (χ0n) is 10.0. The first-order valence-electron chi connectivity index (χ1n) is 5.67. The highest BCUT2D eigenvalue weighted by atomic mass is 16.6. The lowest BCUT2D eigenvalue weighted by molar-refractivity contribution is -0.384. The maximum atomic E-state index is 10.7. The SMILES string of the molecule is N#Cc1ccccc1NCc1cccc([N+](=O)[O-])c1. The van der Waals surface area contributed by atoms with Crippen LogP contribution >= 0.6 is 0 Å². The molecule has 94 valence electrons. The molecule has 2 aromatic carbocycles. The van der Waals surface area contributed by atoms with E-state index in [-0.39, 0.29) is 5.69 Å². The summed E-state index contributed by atoms with van der Waals surface area (Å²) in [5.41, 5.74) is 2.12. The molecular weight excluding hydrogens is 242 g/mol. The van der Waals surface area contributed by atoms with Crippen molar-refractivity contribution in [3.05, 3.63) is 69.8 Å². The highest BCUT2D eigenvalue weighted by Crippen LogP contribution is 2.17. The van der Waals surface area contributed by atoms with Crippen LogP contribution < -0.4 is 5.32 Å². The van der Waals surface area contributed by atoms with Crippen LogP contribution in [0.3, 0.4) is 0 Å². The number of hydrogen-bond donors (Lipinski definition) is 1. The molecule has 0 aliphatic rings. The van der Waals surface area contributed by atoms with Crippen LogP contribution in [-0.4, -0.2) is 4.92 Å². The molecule has 0 aliphatic carbocycles. The molecule has 0 radical (unpaired) electrons. The molecule has 1 N–H and O–H groups in total. The molecule has 2 aromatic rings. The van der Waals surface area contributed by atoms with Gasteiger partial charge in [-0.3, -0.25) is 10.1 Å². The zero-order chi connectivity index (χ0) is 13.7. The first kappa shape index (κ1) is 12.6. The molecule has 19 heavy (non-hydrogen) atoms. The van der Waals surface area contributed by atoms with Gasteiger partial charge < -0.3 is 5.32 Å². The van der Waals surface area contributed by atoms with E-state index in [1.807, 2.05) is 6.07 Å². The van der Waals surface area contributed by atoms with Crippen LogP contribution in [0.25, 0.3) is 0 Å². The molecule has 2 rings (SSSR count). The predicted octanol–water partition coefficient (Wildman–Crippen LogP) is 3.08. The lowest BCUT2D eigenvalue weighted by atomic mass is 10.1. The number of nitro groups is 1. The van der Waals surface area contributed by atoms with Gasteiger partial charge in [-0.2, -0.15) is 5.26 Å². The smallest absolute Gasteiger partial charge is 0.269 e. The van der Waals surface area contributed by atoms with E-state index < -0.39 is 4.92 Å². The van der Waals surface area contributed by atoms with Gasteiger partial charge in [-0.1, -0.05) is 24.3 Å². The molecule has 0 spiro atoms. The van der Waals surface area contributed by atoms with E-state index in [2.05, 4.69) is 11.4 Å². The summed E-state index contributed by atoms with van der Waals surface area (Å²) in [4.78, 5) is 10.2. The third-order valence-corrected chi connectivity index (χ3v) is 2.65. The van der Waals surface area contributed by atoms with Gasteiger partial charge in [-0.05, 0) is 17.7 Å². The Morgan fingerprint density at radius 2 is 2.00 bits per heavy atom. The number of hydrogen-bond acceptors (Lipinski definition) is 4. The molecule has 0 aromatic heterocycles. The number of anilines is 1. The van der Waals surface area contributed by atoms with Crippen LogP contribution in [0.5, 0.6) is 0 Å². The average molecular weight is 253 g/mol. The second kappa shape index (κ2) is 5.65. The topological polar surface area (TPSA) is 79.0 Å². The van der Waals surface area contributed by atoms with Gasteiger partial charge in [-0.25, -0.2) is 0 Å². The van der Waals surface area contributed by atoms with E-state index in [1.165, 1.54) is 12.1 Å². The van der Waals surface area contributed by atoms with Crippen LogP contribution in [0.4, 0.5) is 11.4 Å². The minimum atomic E-state index is -0.424. The third-order valence-electron chi connectivity index (χ3n) is 2.65. The lowest BCUT2D eigenvalue weighted by Crippen LogP contribution is -2.01. The van der Waals surface area contributed by atoms with Crippen molar-refractivity contribution in [1.29, 1.82) is 5.26 Å². The number of nitriles is 1. The van der Waals surface area contributed by atoms with E-state index in [0.717, 1.165) is 11.3 Å². The standard InChI is InChI=1S/C14H11N3O2/c15-9-12-5-1-2-7-14(12)16-10-11-4-3-6-13(8-11)17(18)19/h1-8,16H,10H2. The summed E-state index contributed by atoms with van der Waals surface area (Å²) in [6.45, 7) is 0.431. The van der Waals surface area contributed by atoms with Gasteiger partial charge in [0.15, 0.2) is 0 Å². The Labute approximate surface area is 110 Å². The van der Waals surface area contributed by atoms with Crippen molar-refractivity contribution in [1.82, 2.24) is 0 Å². The van der Waals surface area contributed by atoms with Gasteiger partial charge in [0.2, 0.25) is 0 Å². The summed E-state index contributed by atoms with van der Waals surface area (Å²) in [7, 11) is 0. The number of benzene rings is 2. The number of nitro benzene ring substituents is 1. The van der Waals surface area contributed by atoms with Crippen LogP contribution in [0.15, 0.2) is 48.5 Å². The Morgan fingerprint density at radius 1 is 1.21 bits per heavy atom. The predicted molar refractivity (Wildman–Crippen MR) is 71.6 cm³/mol. The number of non-ortho nitro benzene ring substituents is 1. The van der Waals surface area contributed by atoms with Crippen molar-refractivity contribution in [3.8, 4) is 6.07 Å². The van der Waals surface area contributed by atoms with Crippen molar-refractivity contribution in [2.45, 2.75) is 6.54 Å².